The molecule has 2 N–H and O–H groups in total. The van der Waals surface area contributed by atoms with Gasteiger partial charge in [0, 0.05) is 17.5 Å². The van der Waals surface area contributed by atoms with E-state index >= 15 is 0 Å². The van der Waals surface area contributed by atoms with Crippen molar-refractivity contribution in [3.63, 3.8) is 0 Å². The summed E-state index contributed by atoms with van der Waals surface area (Å²) in [5.41, 5.74) is 3.24. The lowest BCUT2D eigenvalue weighted by Crippen LogP contribution is -2.37. The lowest BCUT2D eigenvalue weighted by molar-refractivity contribution is 0.160. The number of nitrogens with zero attached hydrogens (tertiary/aromatic N) is 3. The molecule has 0 amide bonds. The van der Waals surface area contributed by atoms with Crippen LogP contribution in [0.4, 0.5) is 4.39 Å². The summed E-state index contributed by atoms with van der Waals surface area (Å²) in [5, 5.41) is 11.6. The number of benzene rings is 2. The fraction of sp³-hybridized carbons (Fsp3) is 0.261. The van der Waals surface area contributed by atoms with Crippen LogP contribution in [0.25, 0.3) is 33.4 Å². The van der Waals surface area contributed by atoms with Crippen molar-refractivity contribution in [3.05, 3.63) is 54.6 Å². The molecule has 1 atom stereocenters. The number of hydrogen-bond donors (Lipinski definition) is 2. The Bertz CT molecular complexity index is 1220. The second-order valence-corrected chi connectivity index (χ2v) is 7.48. The Kier molecular flexibility index (Phi) is 5.21. The molecule has 158 valence electrons. The highest BCUT2D eigenvalue weighted by molar-refractivity contribution is 5.95. The van der Waals surface area contributed by atoms with E-state index in [2.05, 4.69) is 25.5 Å². The monoisotopic (exact) mass is 419 g/mol. The summed E-state index contributed by atoms with van der Waals surface area (Å²) in [5.74, 6) is 0.279. The topological polar surface area (TPSA) is 85.0 Å². The van der Waals surface area contributed by atoms with Gasteiger partial charge in [-0.3, -0.25) is 10.1 Å². The van der Waals surface area contributed by atoms with Crippen LogP contribution in [-0.2, 0) is 0 Å². The molecule has 0 saturated carbocycles. The van der Waals surface area contributed by atoms with E-state index in [1.54, 1.807) is 30.6 Å². The third-order valence-electron chi connectivity index (χ3n) is 5.45. The maximum Gasteiger partial charge on any atom is 0.233 e. The SMILES string of the molecule is COc1cccc(-c2ccc3[nH]nc(-c4cncc(OC5CCCNC5)n4)c3c2)c1F. The molecule has 1 fully saturated rings. The first kappa shape index (κ1) is 19.4. The molecule has 1 unspecified atom stereocenters. The Hall–Kier alpha value is -3.52. The quantitative estimate of drug-likeness (QED) is 0.509. The van der Waals surface area contributed by atoms with Crippen LogP contribution in [0.5, 0.6) is 11.6 Å². The number of ether oxygens (including phenoxy) is 2. The fourth-order valence-electron chi connectivity index (χ4n) is 3.88. The van der Waals surface area contributed by atoms with Crippen LogP contribution in [0.3, 0.4) is 0 Å². The van der Waals surface area contributed by atoms with Gasteiger partial charge in [-0.05, 0) is 43.1 Å². The molecule has 2 aromatic heterocycles. The minimum atomic E-state index is -0.398. The number of rotatable bonds is 5. The number of halogens is 1. The van der Waals surface area contributed by atoms with Gasteiger partial charge in [0.15, 0.2) is 11.6 Å². The summed E-state index contributed by atoms with van der Waals surface area (Å²) in [6.45, 7) is 1.81. The Balaban J connectivity index is 1.51. The molecule has 3 heterocycles. The standard InChI is InChI=1S/C23H22FN5O2/c1-30-20-6-2-5-16(22(20)24)14-7-8-18-17(10-14)23(29-28-18)19-12-26-13-21(27-19)31-15-4-3-9-25-11-15/h2,5-8,10,12-13,15,25H,3-4,9,11H2,1H3,(H,28,29). The van der Waals surface area contributed by atoms with E-state index in [1.807, 2.05) is 18.2 Å². The molecule has 1 saturated heterocycles. The second-order valence-electron chi connectivity index (χ2n) is 7.48. The number of piperidine rings is 1. The third kappa shape index (κ3) is 3.82. The zero-order valence-corrected chi connectivity index (χ0v) is 17.1. The van der Waals surface area contributed by atoms with Crippen molar-refractivity contribution in [1.82, 2.24) is 25.5 Å². The summed E-state index contributed by atoms with van der Waals surface area (Å²) in [6, 6.07) is 10.7. The molecule has 5 rings (SSSR count). The predicted molar refractivity (Wildman–Crippen MR) is 116 cm³/mol. The highest BCUT2D eigenvalue weighted by Gasteiger charge is 2.18. The zero-order valence-electron chi connectivity index (χ0n) is 17.1. The van der Waals surface area contributed by atoms with E-state index in [1.165, 1.54) is 7.11 Å². The van der Waals surface area contributed by atoms with Crippen molar-refractivity contribution in [2.24, 2.45) is 0 Å². The van der Waals surface area contributed by atoms with Crippen LogP contribution >= 0.6 is 0 Å². The summed E-state index contributed by atoms with van der Waals surface area (Å²) < 4.78 is 25.9. The normalized spacial score (nSPS) is 16.4. The third-order valence-corrected chi connectivity index (χ3v) is 5.45. The molecule has 0 aliphatic carbocycles. The molecule has 0 radical (unpaired) electrons. The van der Waals surface area contributed by atoms with E-state index < -0.39 is 5.82 Å². The lowest BCUT2D eigenvalue weighted by Gasteiger charge is -2.23. The summed E-state index contributed by atoms with van der Waals surface area (Å²) >= 11 is 0. The van der Waals surface area contributed by atoms with Crippen molar-refractivity contribution in [3.8, 4) is 34.1 Å². The van der Waals surface area contributed by atoms with E-state index in [0.29, 0.717) is 22.8 Å². The number of fused-ring (bicyclic) bond motifs is 1. The maximum atomic E-state index is 14.8. The van der Waals surface area contributed by atoms with E-state index in [9.17, 15) is 4.39 Å². The second kappa shape index (κ2) is 8.31. The van der Waals surface area contributed by atoms with Crippen molar-refractivity contribution in [2.45, 2.75) is 18.9 Å². The van der Waals surface area contributed by atoms with Crippen molar-refractivity contribution >= 4 is 10.9 Å². The van der Waals surface area contributed by atoms with E-state index in [0.717, 1.165) is 42.4 Å². The first-order valence-electron chi connectivity index (χ1n) is 10.2. The van der Waals surface area contributed by atoms with Crippen LogP contribution in [-0.4, -0.2) is 46.5 Å². The summed E-state index contributed by atoms with van der Waals surface area (Å²) in [6.07, 6.45) is 5.41. The van der Waals surface area contributed by atoms with Gasteiger partial charge in [0.05, 0.1) is 25.0 Å². The highest BCUT2D eigenvalue weighted by atomic mass is 19.1. The number of hydrogen-bond acceptors (Lipinski definition) is 6. The van der Waals surface area contributed by atoms with Crippen molar-refractivity contribution in [2.75, 3.05) is 20.2 Å². The van der Waals surface area contributed by atoms with E-state index in [4.69, 9.17) is 9.47 Å². The van der Waals surface area contributed by atoms with Crippen LogP contribution in [0.2, 0.25) is 0 Å². The van der Waals surface area contributed by atoms with Gasteiger partial charge in [-0.1, -0.05) is 18.2 Å². The molecule has 0 spiro atoms. The fourth-order valence-corrected chi connectivity index (χ4v) is 3.88. The number of H-pyrrole nitrogens is 1. The first-order chi connectivity index (χ1) is 15.2. The molecule has 31 heavy (non-hydrogen) atoms. The molecule has 1 aliphatic rings. The minimum Gasteiger partial charge on any atom is -0.494 e. The van der Waals surface area contributed by atoms with Gasteiger partial charge in [-0.25, -0.2) is 9.37 Å². The average molecular weight is 419 g/mol. The number of aromatic amines is 1. The van der Waals surface area contributed by atoms with Gasteiger partial charge in [-0.2, -0.15) is 5.10 Å². The Morgan fingerprint density at radius 1 is 1.16 bits per heavy atom. The largest absolute Gasteiger partial charge is 0.494 e. The molecule has 8 heteroatoms. The van der Waals surface area contributed by atoms with Crippen molar-refractivity contribution in [1.29, 1.82) is 0 Å². The van der Waals surface area contributed by atoms with Gasteiger partial charge in [0.25, 0.3) is 0 Å². The Labute approximate surface area is 178 Å². The average Bonchev–Trinajstić information content (AvgIpc) is 3.23. The maximum absolute atomic E-state index is 14.8. The van der Waals surface area contributed by atoms with Gasteiger partial charge < -0.3 is 14.8 Å². The van der Waals surface area contributed by atoms with Crippen LogP contribution in [0, 0.1) is 5.82 Å². The first-order valence-corrected chi connectivity index (χ1v) is 10.2. The Morgan fingerprint density at radius 2 is 2.10 bits per heavy atom. The lowest BCUT2D eigenvalue weighted by atomic mass is 10.0. The van der Waals surface area contributed by atoms with Crippen molar-refractivity contribution < 1.29 is 13.9 Å². The van der Waals surface area contributed by atoms with Gasteiger partial charge in [-0.15, -0.1) is 0 Å². The van der Waals surface area contributed by atoms with Crippen LogP contribution in [0.1, 0.15) is 12.8 Å². The number of aromatic nitrogens is 4. The van der Waals surface area contributed by atoms with Gasteiger partial charge in [0.2, 0.25) is 5.88 Å². The summed E-state index contributed by atoms with van der Waals surface area (Å²) in [4.78, 5) is 8.91. The predicted octanol–water partition coefficient (Wildman–Crippen LogP) is 3.97. The van der Waals surface area contributed by atoms with E-state index in [-0.39, 0.29) is 11.9 Å². The number of nitrogens with one attached hydrogen (secondary N) is 2. The molecule has 7 nitrogen and oxygen atoms in total. The summed E-state index contributed by atoms with van der Waals surface area (Å²) in [7, 11) is 1.46. The van der Waals surface area contributed by atoms with Gasteiger partial charge >= 0.3 is 0 Å². The molecule has 0 bridgehead atoms. The molecular formula is C23H22FN5O2. The van der Waals surface area contributed by atoms with Gasteiger partial charge in [0.1, 0.15) is 17.5 Å². The molecular weight excluding hydrogens is 397 g/mol. The minimum absolute atomic E-state index is 0.0804. The molecule has 2 aromatic carbocycles. The molecule has 1 aliphatic heterocycles. The smallest absolute Gasteiger partial charge is 0.233 e. The number of methoxy groups -OCH3 is 1. The van der Waals surface area contributed by atoms with Crippen LogP contribution < -0.4 is 14.8 Å². The Morgan fingerprint density at radius 3 is 2.94 bits per heavy atom. The van der Waals surface area contributed by atoms with Crippen LogP contribution in [0.15, 0.2) is 48.8 Å². The zero-order chi connectivity index (χ0) is 21.2. The molecule has 4 aromatic rings. The highest BCUT2D eigenvalue weighted by Crippen LogP contribution is 2.33.